The summed E-state index contributed by atoms with van der Waals surface area (Å²) >= 11 is 3.30. The number of nitrogens with zero attached hydrogens (tertiary/aromatic N) is 3. The summed E-state index contributed by atoms with van der Waals surface area (Å²) in [6.07, 6.45) is 10.7. The predicted molar refractivity (Wildman–Crippen MR) is 121 cm³/mol. The second kappa shape index (κ2) is 7.95. The number of pyridine rings is 1. The Morgan fingerprint density at radius 3 is 2.90 bits per heavy atom. The van der Waals surface area contributed by atoms with Gasteiger partial charge in [-0.25, -0.2) is 15.0 Å². The number of hydrogen-bond acceptors (Lipinski definition) is 7. The molecule has 4 aromatic heterocycles. The Hall–Kier alpha value is -2.12. The lowest BCUT2D eigenvalue weighted by molar-refractivity contribution is 0.518. The van der Waals surface area contributed by atoms with E-state index in [-0.39, 0.29) is 0 Å². The molecule has 0 aliphatic heterocycles. The molecular formula is C22H24N4OS2. The summed E-state index contributed by atoms with van der Waals surface area (Å²) in [6, 6.07) is 3.88. The molecule has 0 radical (unpaired) electrons. The SMILES string of the molecule is CCCCc1nc2sc3c(NCc4ccco4)nc(SC)nc3c2c2c1CCC2. The van der Waals surface area contributed by atoms with Crippen LogP contribution in [0.3, 0.4) is 0 Å². The Balaban J connectivity index is 1.67. The van der Waals surface area contributed by atoms with Crippen molar-refractivity contribution < 1.29 is 4.42 Å². The Labute approximate surface area is 178 Å². The van der Waals surface area contributed by atoms with Crippen LogP contribution in [0.15, 0.2) is 28.0 Å². The quantitative estimate of drug-likeness (QED) is 0.290. The van der Waals surface area contributed by atoms with Gasteiger partial charge in [-0.3, -0.25) is 0 Å². The Morgan fingerprint density at radius 1 is 1.21 bits per heavy atom. The monoisotopic (exact) mass is 424 g/mol. The van der Waals surface area contributed by atoms with E-state index >= 15 is 0 Å². The maximum Gasteiger partial charge on any atom is 0.189 e. The van der Waals surface area contributed by atoms with E-state index < -0.39 is 0 Å². The number of furan rings is 1. The third-order valence-electron chi connectivity index (χ3n) is 5.56. The molecule has 1 aliphatic rings. The molecule has 29 heavy (non-hydrogen) atoms. The second-order valence-electron chi connectivity index (χ2n) is 7.42. The number of thioether (sulfide) groups is 1. The van der Waals surface area contributed by atoms with Gasteiger partial charge in [-0.15, -0.1) is 11.3 Å². The summed E-state index contributed by atoms with van der Waals surface area (Å²) in [6.45, 7) is 2.85. The third kappa shape index (κ3) is 3.40. The van der Waals surface area contributed by atoms with E-state index in [2.05, 4.69) is 12.2 Å². The van der Waals surface area contributed by atoms with Crippen LogP contribution in [0.1, 0.15) is 48.8 Å². The summed E-state index contributed by atoms with van der Waals surface area (Å²) in [5.74, 6) is 1.77. The molecule has 150 valence electrons. The fraction of sp³-hybridized carbons (Fsp3) is 0.409. The first-order chi connectivity index (χ1) is 14.3. The van der Waals surface area contributed by atoms with E-state index in [1.807, 2.05) is 18.4 Å². The van der Waals surface area contributed by atoms with Gasteiger partial charge in [0.05, 0.1) is 23.0 Å². The van der Waals surface area contributed by atoms with Crippen molar-refractivity contribution in [3.05, 3.63) is 41.0 Å². The molecule has 0 atom stereocenters. The van der Waals surface area contributed by atoms with Crippen molar-refractivity contribution in [2.45, 2.75) is 57.1 Å². The van der Waals surface area contributed by atoms with Crippen molar-refractivity contribution in [3.8, 4) is 0 Å². The smallest absolute Gasteiger partial charge is 0.189 e. The molecule has 5 nitrogen and oxygen atoms in total. The van der Waals surface area contributed by atoms with Crippen LogP contribution in [0.25, 0.3) is 20.4 Å². The number of aryl methyl sites for hydroxylation is 2. The topological polar surface area (TPSA) is 63.8 Å². The van der Waals surface area contributed by atoms with Crippen molar-refractivity contribution in [1.29, 1.82) is 0 Å². The van der Waals surface area contributed by atoms with E-state index in [1.54, 1.807) is 29.4 Å². The Bertz CT molecular complexity index is 1170. The fourth-order valence-corrected chi connectivity index (χ4v) is 5.67. The van der Waals surface area contributed by atoms with Gasteiger partial charge in [0, 0.05) is 11.1 Å². The Morgan fingerprint density at radius 2 is 2.10 bits per heavy atom. The first-order valence-corrected chi connectivity index (χ1v) is 12.3. The van der Waals surface area contributed by atoms with E-state index in [4.69, 9.17) is 19.4 Å². The zero-order chi connectivity index (χ0) is 19.8. The first kappa shape index (κ1) is 18.9. The highest BCUT2D eigenvalue weighted by Gasteiger charge is 2.24. The number of aromatic nitrogens is 3. The normalized spacial score (nSPS) is 13.4. The minimum atomic E-state index is 0.606. The maximum absolute atomic E-state index is 5.48. The molecule has 1 N–H and O–H groups in total. The number of hydrogen-bond donors (Lipinski definition) is 1. The van der Waals surface area contributed by atoms with Crippen molar-refractivity contribution in [3.63, 3.8) is 0 Å². The average Bonchev–Trinajstić information content (AvgIpc) is 3.48. The van der Waals surface area contributed by atoms with Gasteiger partial charge in [-0.2, -0.15) is 0 Å². The summed E-state index contributed by atoms with van der Waals surface area (Å²) in [7, 11) is 0. The fourth-order valence-electron chi connectivity index (χ4n) is 4.17. The van der Waals surface area contributed by atoms with Gasteiger partial charge >= 0.3 is 0 Å². The lowest BCUT2D eigenvalue weighted by Crippen LogP contribution is -2.02. The maximum atomic E-state index is 5.48. The van der Waals surface area contributed by atoms with E-state index in [9.17, 15) is 0 Å². The molecule has 4 aromatic rings. The lowest BCUT2D eigenvalue weighted by atomic mass is 10.0. The van der Waals surface area contributed by atoms with Gasteiger partial charge < -0.3 is 9.73 Å². The number of thiophene rings is 1. The number of unbranched alkanes of at least 4 members (excludes halogenated alkanes) is 1. The van der Waals surface area contributed by atoms with Gasteiger partial charge in [-0.1, -0.05) is 25.1 Å². The van der Waals surface area contributed by atoms with Crippen LogP contribution in [0.4, 0.5) is 5.82 Å². The standard InChI is InChI=1S/C22H24N4OS2/c1-3-4-10-16-14-8-5-9-15(14)17-18-19(29-21(17)24-16)20(26-22(25-18)28-2)23-12-13-7-6-11-27-13/h6-7,11H,3-5,8-10,12H2,1-2H3,(H,23,25,26). The van der Waals surface area contributed by atoms with Crippen LogP contribution in [0.2, 0.25) is 0 Å². The minimum absolute atomic E-state index is 0.606. The van der Waals surface area contributed by atoms with Crippen LogP contribution >= 0.6 is 23.1 Å². The van der Waals surface area contributed by atoms with Crippen molar-refractivity contribution in [2.24, 2.45) is 0 Å². The molecule has 0 aromatic carbocycles. The third-order valence-corrected chi connectivity index (χ3v) is 7.19. The minimum Gasteiger partial charge on any atom is -0.467 e. The van der Waals surface area contributed by atoms with Crippen LogP contribution < -0.4 is 5.32 Å². The first-order valence-electron chi connectivity index (χ1n) is 10.2. The van der Waals surface area contributed by atoms with E-state index in [0.29, 0.717) is 6.54 Å². The molecule has 4 heterocycles. The highest BCUT2D eigenvalue weighted by atomic mass is 32.2. The van der Waals surface area contributed by atoms with Crippen LogP contribution in [-0.2, 0) is 25.8 Å². The number of fused-ring (bicyclic) bond motifs is 5. The van der Waals surface area contributed by atoms with Gasteiger partial charge in [0.1, 0.15) is 16.4 Å². The summed E-state index contributed by atoms with van der Waals surface area (Å²) in [4.78, 5) is 15.9. The molecular weight excluding hydrogens is 400 g/mol. The molecule has 0 saturated carbocycles. The summed E-state index contributed by atoms with van der Waals surface area (Å²) in [5, 5.41) is 5.52. The second-order valence-corrected chi connectivity index (χ2v) is 9.20. The molecule has 0 bridgehead atoms. The highest BCUT2D eigenvalue weighted by Crippen LogP contribution is 2.42. The molecule has 0 unspecified atom stereocenters. The molecule has 0 fully saturated rings. The van der Waals surface area contributed by atoms with Gasteiger partial charge in [0.2, 0.25) is 0 Å². The lowest BCUT2D eigenvalue weighted by Gasteiger charge is -2.09. The van der Waals surface area contributed by atoms with Gasteiger partial charge in [0.25, 0.3) is 0 Å². The molecule has 0 saturated heterocycles. The summed E-state index contributed by atoms with van der Waals surface area (Å²) < 4.78 is 6.57. The van der Waals surface area contributed by atoms with Crippen molar-refractivity contribution in [2.75, 3.05) is 11.6 Å². The average molecular weight is 425 g/mol. The van der Waals surface area contributed by atoms with Crippen LogP contribution in [0, 0.1) is 0 Å². The van der Waals surface area contributed by atoms with E-state index in [1.165, 1.54) is 41.5 Å². The Kier molecular flexibility index (Phi) is 5.18. The predicted octanol–water partition coefficient (Wildman–Crippen LogP) is 6.00. The van der Waals surface area contributed by atoms with E-state index in [0.717, 1.165) is 51.0 Å². The summed E-state index contributed by atoms with van der Waals surface area (Å²) in [5.41, 5.74) is 5.33. The highest BCUT2D eigenvalue weighted by molar-refractivity contribution is 7.98. The molecule has 0 spiro atoms. The molecule has 1 aliphatic carbocycles. The molecule has 0 amide bonds. The van der Waals surface area contributed by atoms with Gasteiger partial charge in [0.15, 0.2) is 5.16 Å². The molecule has 5 rings (SSSR count). The zero-order valence-corrected chi connectivity index (χ0v) is 18.4. The molecule has 7 heteroatoms. The van der Waals surface area contributed by atoms with Crippen molar-refractivity contribution in [1.82, 2.24) is 15.0 Å². The van der Waals surface area contributed by atoms with Crippen molar-refractivity contribution >= 4 is 49.3 Å². The zero-order valence-electron chi connectivity index (χ0n) is 16.7. The number of anilines is 1. The largest absolute Gasteiger partial charge is 0.467 e. The van der Waals surface area contributed by atoms with Gasteiger partial charge in [-0.05, 0) is 61.6 Å². The van der Waals surface area contributed by atoms with Crippen LogP contribution in [-0.4, -0.2) is 21.2 Å². The van der Waals surface area contributed by atoms with Crippen LogP contribution in [0.5, 0.6) is 0 Å². The number of rotatable bonds is 7. The number of nitrogens with one attached hydrogen (secondary N) is 1.